The molecule has 18 heavy (non-hydrogen) atoms. The molecule has 1 rings (SSSR count). The van der Waals surface area contributed by atoms with Crippen molar-refractivity contribution in [3.8, 4) is 11.5 Å². The first-order valence-corrected chi connectivity index (χ1v) is 5.89. The number of nitrogens with one attached hydrogen (secondary N) is 2. The number of hydrogen-bond acceptors (Lipinski definition) is 4. The van der Waals surface area contributed by atoms with E-state index < -0.39 is 0 Å². The van der Waals surface area contributed by atoms with E-state index in [1.165, 1.54) is 0 Å². The summed E-state index contributed by atoms with van der Waals surface area (Å²) in [6.07, 6.45) is 0. The van der Waals surface area contributed by atoms with Crippen LogP contribution in [0.15, 0.2) is 18.2 Å². The molecule has 5 nitrogen and oxygen atoms in total. The molecule has 1 amide bonds. The van der Waals surface area contributed by atoms with E-state index in [2.05, 4.69) is 10.6 Å². The number of aromatic hydroxyl groups is 1. The molecule has 0 aliphatic carbocycles. The van der Waals surface area contributed by atoms with E-state index in [0.29, 0.717) is 17.9 Å². The quantitative estimate of drug-likeness (QED) is 0.707. The standard InChI is InChI=1S/C13H20N2O3/c1-9(2)15-13(17)8-14-7-10-6-11(18-3)4-5-12(10)16/h4-6,9,14,16H,7-8H2,1-3H3,(H,15,17). The molecule has 0 saturated heterocycles. The second-order valence-corrected chi connectivity index (χ2v) is 4.32. The minimum Gasteiger partial charge on any atom is -0.508 e. The average molecular weight is 252 g/mol. The van der Waals surface area contributed by atoms with E-state index in [9.17, 15) is 9.90 Å². The highest BCUT2D eigenvalue weighted by molar-refractivity contribution is 5.78. The Hall–Kier alpha value is -1.75. The first-order valence-electron chi connectivity index (χ1n) is 5.89. The summed E-state index contributed by atoms with van der Waals surface area (Å²) in [7, 11) is 1.57. The van der Waals surface area contributed by atoms with Gasteiger partial charge in [-0.3, -0.25) is 4.79 Å². The topological polar surface area (TPSA) is 70.6 Å². The highest BCUT2D eigenvalue weighted by Gasteiger charge is 2.05. The van der Waals surface area contributed by atoms with E-state index in [1.54, 1.807) is 25.3 Å². The van der Waals surface area contributed by atoms with Gasteiger partial charge in [0.1, 0.15) is 11.5 Å². The van der Waals surface area contributed by atoms with Crippen LogP contribution in [0.5, 0.6) is 11.5 Å². The van der Waals surface area contributed by atoms with Crippen molar-refractivity contribution in [1.82, 2.24) is 10.6 Å². The minimum absolute atomic E-state index is 0.0626. The van der Waals surface area contributed by atoms with Gasteiger partial charge in [-0.1, -0.05) is 0 Å². The Balaban J connectivity index is 2.46. The average Bonchev–Trinajstić information content (AvgIpc) is 2.30. The number of hydrogen-bond donors (Lipinski definition) is 3. The van der Waals surface area contributed by atoms with Crippen molar-refractivity contribution >= 4 is 5.91 Å². The van der Waals surface area contributed by atoms with Gasteiger partial charge in [0.15, 0.2) is 0 Å². The van der Waals surface area contributed by atoms with Crippen LogP contribution >= 0.6 is 0 Å². The molecule has 1 aromatic rings. The molecule has 0 fully saturated rings. The second kappa shape index (κ2) is 6.86. The molecule has 0 radical (unpaired) electrons. The maximum Gasteiger partial charge on any atom is 0.234 e. The smallest absolute Gasteiger partial charge is 0.234 e. The van der Waals surface area contributed by atoms with E-state index in [4.69, 9.17) is 4.74 Å². The van der Waals surface area contributed by atoms with Gasteiger partial charge in [-0.2, -0.15) is 0 Å². The number of rotatable bonds is 6. The fraction of sp³-hybridized carbons (Fsp3) is 0.462. The van der Waals surface area contributed by atoms with Crippen LogP contribution in [0.3, 0.4) is 0 Å². The zero-order valence-corrected chi connectivity index (χ0v) is 11.0. The number of carbonyl (C=O) groups excluding carboxylic acids is 1. The lowest BCUT2D eigenvalue weighted by Gasteiger charge is -2.10. The van der Waals surface area contributed by atoms with Gasteiger partial charge in [-0.15, -0.1) is 0 Å². The molecular weight excluding hydrogens is 232 g/mol. The summed E-state index contributed by atoms with van der Waals surface area (Å²) in [5.41, 5.74) is 0.701. The van der Waals surface area contributed by atoms with Gasteiger partial charge in [0.25, 0.3) is 0 Å². The third-order valence-corrected chi connectivity index (χ3v) is 2.34. The zero-order valence-electron chi connectivity index (χ0n) is 11.0. The molecule has 3 N–H and O–H groups in total. The summed E-state index contributed by atoms with van der Waals surface area (Å²) in [6, 6.07) is 5.13. The number of amides is 1. The van der Waals surface area contributed by atoms with Crippen molar-refractivity contribution in [3.63, 3.8) is 0 Å². The highest BCUT2D eigenvalue weighted by atomic mass is 16.5. The van der Waals surface area contributed by atoms with Crippen LogP contribution in [-0.2, 0) is 11.3 Å². The number of benzene rings is 1. The van der Waals surface area contributed by atoms with E-state index in [1.807, 2.05) is 13.8 Å². The summed E-state index contributed by atoms with van der Waals surface area (Å²) in [5.74, 6) is 0.802. The fourth-order valence-electron chi connectivity index (χ4n) is 1.51. The molecule has 100 valence electrons. The van der Waals surface area contributed by atoms with Gasteiger partial charge in [-0.05, 0) is 32.0 Å². The molecule has 0 unspecified atom stereocenters. The van der Waals surface area contributed by atoms with Crippen LogP contribution in [0, 0.1) is 0 Å². The van der Waals surface area contributed by atoms with Crippen LogP contribution in [0.1, 0.15) is 19.4 Å². The molecular formula is C13H20N2O3. The summed E-state index contributed by atoms with van der Waals surface area (Å²) >= 11 is 0. The van der Waals surface area contributed by atoms with Crippen molar-refractivity contribution in [2.45, 2.75) is 26.4 Å². The van der Waals surface area contributed by atoms with E-state index >= 15 is 0 Å². The van der Waals surface area contributed by atoms with Crippen molar-refractivity contribution in [1.29, 1.82) is 0 Å². The lowest BCUT2D eigenvalue weighted by Crippen LogP contribution is -2.37. The Morgan fingerprint density at radius 1 is 1.44 bits per heavy atom. The summed E-state index contributed by atoms with van der Waals surface area (Å²) in [6.45, 7) is 4.45. The van der Waals surface area contributed by atoms with Gasteiger partial charge in [0.05, 0.1) is 13.7 Å². The number of phenols is 1. The van der Waals surface area contributed by atoms with Gasteiger partial charge in [0, 0.05) is 18.2 Å². The Kier molecular flexibility index (Phi) is 5.45. The molecule has 0 aliphatic rings. The van der Waals surface area contributed by atoms with Gasteiger partial charge < -0.3 is 20.5 Å². The number of methoxy groups -OCH3 is 1. The first kappa shape index (κ1) is 14.3. The lowest BCUT2D eigenvalue weighted by molar-refractivity contribution is -0.120. The summed E-state index contributed by atoms with van der Waals surface area (Å²) in [5, 5.41) is 15.4. The normalized spacial score (nSPS) is 10.4. The van der Waals surface area contributed by atoms with Crippen molar-refractivity contribution in [2.75, 3.05) is 13.7 Å². The predicted molar refractivity (Wildman–Crippen MR) is 69.6 cm³/mol. The Morgan fingerprint density at radius 3 is 2.78 bits per heavy atom. The third-order valence-electron chi connectivity index (χ3n) is 2.34. The molecule has 5 heteroatoms. The van der Waals surface area contributed by atoms with Crippen LogP contribution in [0.25, 0.3) is 0 Å². The van der Waals surface area contributed by atoms with Crippen molar-refractivity contribution in [3.05, 3.63) is 23.8 Å². The molecule has 1 aromatic carbocycles. The van der Waals surface area contributed by atoms with E-state index in [-0.39, 0.29) is 24.2 Å². The zero-order chi connectivity index (χ0) is 13.5. The maximum absolute atomic E-state index is 11.4. The largest absolute Gasteiger partial charge is 0.508 e. The molecule has 0 saturated carbocycles. The molecule has 0 aromatic heterocycles. The fourth-order valence-corrected chi connectivity index (χ4v) is 1.51. The maximum atomic E-state index is 11.4. The first-order chi connectivity index (χ1) is 8.52. The molecule has 0 bridgehead atoms. The number of ether oxygens (including phenoxy) is 1. The Morgan fingerprint density at radius 2 is 2.17 bits per heavy atom. The monoisotopic (exact) mass is 252 g/mol. The van der Waals surface area contributed by atoms with E-state index in [0.717, 1.165) is 0 Å². The second-order valence-electron chi connectivity index (χ2n) is 4.32. The Labute approximate surface area is 107 Å². The van der Waals surface area contributed by atoms with Crippen molar-refractivity contribution < 1.29 is 14.6 Å². The number of carbonyl (C=O) groups is 1. The minimum atomic E-state index is -0.0626. The van der Waals surface area contributed by atoms with Gasteiger partial charge in [0.2, 0.25) is 5.91 Å². The molecule has 0 aliphatic heterocycles. The molecule has 0 atom stereocenters. The molecule has 0 heterocycles. The summed E-state index contributed by atoms with van der Waals surface area (Å²) < 4.78 is 5.07. The molecule has 0 spiro atoms. The third kappa shape index (κ3) is 4.63. The van der Waals surface area contributed by atoms with Crippen LogP contribution < -0.4 is 15.4 Å². The SMILES string of the molecule is COc1ccc(O)c(CNCC(=O)NC(C)C)c1. The predicted octanol–water partition coefficient (Wildman–Crippen LogP) is 1.01. The summed E-state index contributed by atoms with van der Waals surface area (Å²) in [4.78, 5) is 11.4. The van der Waals surface area contributed by atoms with Crippen LogP contribution in [0.4, 0.5) is 0 Å². The van der Waals surface area contributed by atoms with Gasteiger partial charge >= 0.3 is 0 Å². The van der Waals surface area contributed by atoms with Crippen LogP contribution in [0.2, 0.25) is 0 Å². The number of phenolic OH excluding ortho intramolecular Hbond substituents is 1. The van der Waals surface area contributed by atoms with Crippen molar-refractivity contribution in [2.24, 2.45) is 0 Å². The lowest BCUT2D eigenvalue weighted by atomic mass is 10.2. The Bertz CT molecular complexity index is 405. The van der Waals surface area contributed by atoms with Gasteiger partial charge in [-0.25, -0.2) is 0 Å². The van der Waals surface area contributed by atoms with Crippen LogP contribution in [-0.4, -0.2) is 30.7 Å². The highest BCUT2D eigenvalue weighted by Crippen LogP contribution is 2.22.